The van der Waals surface area contributed by atoms with Gasteiger partial charge < -0.3 is 10.1 Å². The van der Waals surface area contributed by atoms with Crippen LogP contribution in [0.3, 0.4) is 0 Å². The number of ether oxygens (including phenoxy) is 1. The van der Waals surface area contributed by atoms with Crippen LogP contribution in [0, 0.1) is 24.4 Å². The van der Waals surface area contributed by atoms with E-state index in [1.807, 2.05) is 0 Å². The number of esters is 1. The Bertz CT molecular complexity index is 603. The molecule has 8 heteroatoms. The molecule has 0 bridgehead atoms. The molecule has 1 aromatic carbocycles. The van der Waals surface area contributed by atoms with Gasteiger partial charge in [-0.15, -0.1) is 0 Å². The van der Waals surface area contributed by atoms with Crippen molar-refractivity contribution in [3.8, 4) is 0 Å². The Kier molecular flexibility index (Phi) is 5.45. The van der Waals surface area contributed by atoms with Gasteiger partial charge in [-0.1, -0.05) is 11.6 Å². The van der Waals surface area contributed by atoms with Crippen LogP contribution in [0.15, 0.2) is 0 Å². The quantitative estimate of drug-likeness (QED) is 0.522. The van der Waals surface area contributed by atoms with Gasteiger partial charge >= 0.3 is 5.97 Å². The minimum absolute atomic E-state index is 0.306. The maximum Gasteiger partial charge on any atom is 0.342 e. The third-order valence-corrected chi connectivity index (χ3v) is 3.12. The van der Waals surface area contributed by atoms with Gasteiger partial charge in [0.25, 0.3) is 0 Å². The lowest BCUT2D eigenvalue weighted by molar-refractivity contribution is -0.121. The van der Waals surface area contributed by atoms with Gasteiger partial charge in [0.05, 0.1) is 10.6 Å². The van der Waals surface area contributed by atoms with Crippen LogP contribution >= 0.6 is 11.6 Å². The van der Waals surface area contributed by atoms with Crippen LogP contribution in [0.2, 0.25) is 5.02 Å². The van der Waals surface area contributed by atoms with Crippen LogP contribution in [0.4, 0.5) is 13.2 Å². The Labute approximate surface area is 130 Å². The first-order valence-corrected chi connectivity index (χ1v) is 6.64. The number of hydrogen-bond acceptors (Lipinski definition) is 3. The summed E-state index contributed by atoms with van der Waals surface area (Å²) < 4.78 is 45.6. The van der Waals surface area contributed by atoms with E-state index in [9.17, 15) is 22.8 Å². The summed E-state index contributed by atoms with van der Waals surface area (Å²) in [4.78, 5) is 22.9. The van der Waals surface area contributed by atoms with Gasteiger partial charge in [0.2, 0.25) is 5.91 Å². The first-order valence-electron chi connectivity index (χ1n) is 6.26. The van der Waals surface area contributed by atoms with Crippen LogP contribution in [-0.4, -0.2) is 24.0 Å². The van der Waals surface area contributed by atoms with Crippen LogP contribution in [-0.2, 0) is 9.53 Å². The van der Waals surface area contributed by atoms with Gasteiger partial charge in [0.1, 0.15) is 18.0 Å². The first kappa shape index (κ1) is 18.3. The Morgan fingerprint density at radius 2 is 1.73 bits per heavy atom. The fourth-order valence-electron chi connectivity index (χ4n) is 1.76. The van der Waals surface area contributed by atoms with Crippen LogP contribution in [0.25, 0.3) is 0 Å². The van der Waals surface area contributed by atoms with Crippen molar-refractivity contribution < 1.29 is 27.5 Å². The van der Waals surface area contributed by atoms with Crippen molar-refractivity contribution in [2.75, 3.05) is 6.61 Å². The number of rotatable bonds is 4. The van der Waals surface area contributed by atoms with Crippen LogP contribution < -0.4 is 5.32 Å². The predicted molar refractivity (Wildman–Crippen MR) is 74.2 cm³/mol. The Morgan fingerprint density at radius 1 is 1.18 bits per heavy atom. The molecule has 0 fully saturated rings. The summed E-state index contributed by atoms with van der Waals surface area (Å²) in [5.41, 5.74) is -2.47. The summed E-state index contributed by atoms with van der Waals surface area (Å²) in [6.07, 6.45) is 0. The molecule has 0 radical (unpaired) electrons. The molecule has 1 N–H and O–H groups in total. The topological polar surface area (TPSA) is 55.4 Å². The third-order valence-electron chi connectivity index (χ3n) is 2.77. The van der Waals surface area contributed by atoms with Crippen molar-refractivity contribution in [3.05, 3.63) is 33.6 Å². The van der Waals surface area contributed by atoms with E-state index in [2.05, 4.69) is 5.32 Å². The van der Waals surface area contributed by atoms with Gasteiger partial charge in [-0.05, 0) is 20.8 Å². The molecular weight excluding hydrogens is 323 g/mol. The molecule has 122 valence electrons. The highest BCUT2D eigenvalue weighted by molar-refractivity contribution is 6.33. The normalized spacial score (nSPS) is 11.3. The molecular formula is C14H15ClF3NO3. The lowest BCUT2D eigenvalue weighted by atomic mass is 10.1. The summed E-state index contributed by atoms with van der Waals surface area (Å²) in [7, 11) is 0. The third kappa shape index (κ3) is 3.91. The summed E-state index contributed by atoms with van der Waals surface area (Å²) in [5, 5.41) is 1.53. The van der Waals surface area contributed by atoms with E-state index in [0.717, 1.165) is 6.92 Å². The van der Waals surface area contributed by atoms with Crippen LogP contribution in [0.5, 0.6) is 0 Å². The molecule has 0 unspecified atom stereocenters. The number of carbonyl (C=O) groups is 2. The summed E-state index contributed by atoms with van der Waals surface area (Å²) in [6.45, 7) is 5.08. The molecule has 0 saturated carbocycles. The van der Waals surface area contributed by atoms with Crippen molar-refractivity contribution >= 4 is 23.5 Å². The van der Waals surface area contributed by atoms with Crippen molar-refractivity contribution in [2.45, 2.75) is 33.2 Å². The molecule has 1 aromatic rings. The van der Waals surface area contributed by atoms with E-state index in [4.69, 9.17) is 16.3 Å². The lowest BCUT2D eigenvalue weighted by Gasteiger charge is -2.25. The number of carbonyl (C=O) groups excluding carboxylic acids is 2. The van der Waals surface area contributed by atoms with Gasteiger partial charge in [-0.25, -0.2) is 18.0 Å². The second kappa shape index (κ2) is 6.56. The minimum Gasteiger partial charge on any atom is -0.460 e. The van der Waals surface area contributed by atoms with Crippen molar-refractivity contribution in [1.82, 2.24) is 5.32 Å². The second-order valence-electron chi connectivity index (χ2n) is 5.40. The van der Waals surface area contributed by atoms with Crippen LogP contribution in [0.1, 0.15) is 36.7 Å². The monoisotopic (exact) mass is 337 g/mol. The van der Waals surface area contributed by atoms with E-state index in [-0.39, 0.29) is 12.5 Å². The van der Waals surface area contributed by atoms with Crippen molar-refractivity contribution in [2.24, 2.45) is 0 Å². The molecule has 0 aromatic heterocycles. The molecule has 0 aliphatic heterocycles. The fraction of sp³-hybridized carbons (Fsp3) is 0.429. The van der Waals surface area contributed by atoms with E-state index in [0.29, 0.717) is 0 Å². The Balaban J connectivity index is 3.03. The molecule has 0 saturated heterocycles. The maximum atomic E-state index is 13.9. The number of halogens is 4. The number of amides is 1. The molecule has 0 spiro atoms. The predicted octanol–water partition coefficient (Wildman–Crippen LogP) is 3.14. The zero-order valence-corrected chi connectivity index (χ0v) is 13.2. The van der Waals surface area contributed by atoms with Crippen molar-refractivity contribution in [3.63, 3.8) is 0 Å². The molecule has 0 heterocycles. The molecule has 0 aliphatic carbocycles. The molecule has 0 atom stereocenters. The molecule has 4 nitrogen and oxygen atoms in total. The largest absolute Gasteiger partial charge is 0.460 e. The van der Waals surface area contributed by atoms with E-state index >= 15 is 0 Å². The second-order valence-corrected chi connectivity index (χ2v) is 5.78. The highest BCUT2D eigenvalue weighted by Crippen LogP contribution is 2.29. The highest BCUT2D eigenvalue weighted by Gasteiger charge is 2.29. The molecule has 0 aliphatic rings. The summed E-state index contributed by atoms with van der Waals surface area (Å²) in [6, 6.07) is 0. The fourth-order valence-corrected chi connectivity index (χ4v) is 2.00. The minimum atomic E-state index is -1.52. The van der Waals surface area contributed by atoms with Gasteiger partial charge in [-0.3, -0.25) is 4.79 Å². The average Bonchev–Trinajstić information content (AvgIpc) is 2.40. The first-order chi connectivity index (χ1) is 9.98. The Morgan fingerprint density at radius 3 is 2.23 bits per heavy atom. The average molecular weight is 338 g/mol. The Hall–Kier alpha value is -1.76. The number of nitrogens with one attached hydrogen (secondary N) is 1. The van der Waals surface area contributed by atoms with Gasteiger partial charge in [-0.2, -0.15) is 0 Å². The zero-order chi connectivity index (χ0) is 17.2. The van der Waals surface area contributed by atoms with Gasteiger partial charge in [0.15, 0.2) is 11.6 Å². The number of benzene rings is 1. The number of hydrogen-bond donors (Lipinski definition) is 1. The lowest BCUT2D eigenvalue weighted by Crippen LogP contribution is -2.46. The van der Waals surface area contributed by atoms with E-state index < -0.39 is 45.1 Å². The SMILES string of the molecule is CC(=O)NC(C)(C)COC(=O)c1c(F)c(C)c(F)c(F)c1Cl. The van der Waals surface area contributed by atoms with E-state index in [1.165, 1.54) is 6.92 Å². The van der Waals surface area contributed by atoms with Crippen molar-refractivity contribution in [1.29, 1.82) is 0 Å². The standard InChI is InChI=1S/C14H15ClF3NO3/c1-6-10(16)8(9(15)12(18)11(6)17)13(21)22-5-14(3,4)19-7(2)20/h5H2,1-4H3,(H,19,20). The zero-order valence-electron chi connectivity index (χ0n) is 12.4. The maximum absolute atomic E-state index is 13.9. The highest BCUT2D eigenvalue weighted by atomic mass is 35.5. The summed E-state index contributed by atoms with van der Waals surface area (Å²) >= 11 is 5.48. The molecule has 1 rings (SSSR count). The molecule has 22 heavy (non-hydrogen) atoms. The molecule has 1 amide bonds. The summed E-state index contributed by atoms with van der Waals surface area (Å²) in [5.74, 6) is -5.87. The van der Waals surface area contributed by atoms with E-state index in [1.54, 1.807) is 13.8 Å². The smallest absolute Gasteiger partial charge is 0.342 e. The van der Waals surface area contributed by atoms with Gasteiger partial charge in [0, 0.05) is 12.5 Å².